The van der Waals surface area contributed by atoms with Crippen LogP contribution in [0.1, 0.15) is 95.6 Å². The Bertz CT molecular complexity index is 1060. The molecule has 0 aliphatic carbocycles. The zero-order chi connectivity index (χ0) is 28.8. The minimum Gasteiger partial charge on any atom is -0.492 e. The van der Waals surface area contributed by atoms with Crippen molar-refractivity contribution in [2.75, 3.05) is 6.61 Å². The van der Waals surface area contributed by atoms with Crippen molar-refractivity contribution >= 4 is 40.7 Å². The van der Waals surface area contributed by atoms with E-state index in [9.17, 15) is 19.5 Å². The van der Waals surface area contributed by atoms with Crippen molar-refractivity contribution in [2.24, 2.45) is 11.8 Å². The van der Waals surface area contributed by atoms with Gasteiger partial charge in [-0.15, -0.1) is 0 Å². The number of Topliss-reactive ketones (excluding diaryl/α,β-unsaturated/α-hetero) is 2. The molecule has 39 heavy (non-hydrogen) atoms. The standard InChI is InChI=1S/C32H42Cl2O5/c1-4-7-10-22(11-8-5-2)19-27(35)30(24-14-17-29(26(34)21-24)39-18-9-6-3)31(32(37)38)28(36)20-23-12-15-25(33)16-13-23/h12-17,21-22,30-31H,4-11,18-20H2,1-3H3,(H,37,38). The maximum atomic E-state index is 13.9. The van der Waals surface area contributed by atoms with Crippen LogP contribution in [0.4, 0.5) is 0 Å². The molecule has 7 heteroatoms. The minimum absolute atomic E-state index is 0.112. The highest BCUT2D eigenvalue weighted by Crippen LogP contribution is 2.36. The number of halogens is 2. The molecule has 0 bridgehead atoms. The summed E-state index contributed by atoms with van der Waals surface area (Å²) in [6.07, 6.45) is 7.80. The van der Waals surface area contributed by atoms with Crippen LogP contribution in [0.15, 0.2) is 42.5 Å². The summed E-state index contributed by atoms with van der Waals surface area (Å²) in [5.41, 5.74) is 1.07. The third-order valence-corrected chi connectivity index (χ3v) is 7.62. The van der Waals surface area contributed by atoms with E-state index >= 15 is 0 Å². The van der Waals surface area contributed by atoms with Gasteiger partial charge >= 0.3 is 5.97 Å². The second-order valence-electron chi connectivity index (χ2n) is 10.3. The molecule has 0 aliphatic heterocycles. The fraction of sp³-hybridized carbons (Fsp3) is 0.531. The molecule has 2 unspecified atom stereocenters. The van der Waals surface area contributed by atoms with Crippen molar-refractivity contribution in [2.45, 2.75) is 90.9 Å². The van der Waals surface area contributed by atoms with Crippen molar-refractivity contribution in [3.8, 4) is 5.75 Å². The number of hydrogen-bond acceptors (Lipinski definition) is 4. The van der Waals surface area contributed by atoms with Gasteiger partial charge in [-0.05, 0) is 47.7 Å². The minimum atomic E-state index is -1.53. The summed E-state index contributed by atoms with van der Waals surface area (Å²) in [6.45, 7) is 6.80. The molecule has 2 atom stereocenters. The normalized spacial score (nSPS) is 12.8. The van der Waals surface area contributed by atoms with Gasteiger partial charge in [-0.2, -0.15) is 0 Å². The van der Waals surface area contributed by atoms with Crippen LogP contribution in [-0.2, 0) is 20.8 Å². The van der Waals surface area contributed by atoms with Crippen molar-refractivity contribution in [3.05, 3.63) is 63.6 Å². The number of benzene rings is 2. The number of carboxylic acid groups (broad SMARTS) is 1. The van der Waals surface area contributed by atoms with E-state index in [1.807, 2.05) is 0 Å². The molecule has 0 fully saturated rings. The Morgan fingerprint density at radius 3 is 2.00 bits per heavy atom. The van der Waals surface area contributed by atoms with E-state index in [1.165, 1.54) is 0 Å². The Kier molecular flexibility index (Phi) is 14.6. The van der Waals surface area contributed by atoms with Crippen LogP contribution in [0.3, 0.4) is 0 Å². The van der Waals surface area contributed by atoms with E-state index in [4.69, 9.17) is 27.9 Å². The van der Waals surface area contributed by atoms with Gasteiger partial charge in [-0.3, -0.25) is 14.4 Å². The van der Waals surface area contributed by atoms with E-state index in [2.05, 4.69) is 20.8 Å². The molecule has 0 saturated heterocycles. The molecule has 1 N–H and O–H groups in total. The van der Waals surface area contributed by atoms with Gasteiger partial charge in [0.15, 0.2) is 5.78 Å². The van der Waals surface area contributed by atoms with Crippen LogP contribution in [0.25, 0.3) is 0 Å². The Hall–Kier alpha value is -2.37. The van der Waals surface area contributed by atoms with Gasteiger partial charge < -0.3 is 9.84 Å². The summed E-state index contributed by atoms with van der Waals surface area (Å²) < 4.78 is 5.76. The lowest BCUT2D eigenvalue weighted by atomic mass is 9.76. The highest BCUT2D eigenvalue weighted by atomic mass is 35.5. The molecular formula is C32H42Cl2O5. The van der Waals surface area contributed by atoms with Crippen LogP contribution in [0.2, 0.25) is 10.0 Å². The summed E-state index contributed by atoms with van der Waals surface area (Å²) in [5, 5.41) is 11.1. The quantitative estimate of drug-likeness (QED) is 0.133. The van der Waals surface area contributed by atoms with E-state index in [0.29, 0.717) is 33.5 Å². The largest absolute Gasteiger partial charge is 0.492 e. The number of carbonyl (C=O) groups is 3. The SMILES string of the molecule is CCCCOc1ccc(C(C(=O)CC(CCCC)CCCC)C(C(=O)O)C(=O)Cc2ccc(Cl)cc2)cc1Cl. The number of ether oxygens (including phenoxy) is 1. The Balaban J connectivity index is 2.45. The lowest BCUT2D eigenvalue weighted by Crippen LogP contribution is -2.36. The van der Waals surface area contributed by atoms with E-state index < -0.39 is 23.6 Å². The van der Waals surface area contributed by atoms with Gasteiger partial charge in [0.1, 0.15) is 17.5 Å². The summed E-state index contributed by atoms with van der Waals surface area (Å²) in [7, 11) is 0. The van der Waals surface area contributed by atoms with Crippen LogP contribution in [0, 0.1) is 11.8 Å². The fourth-order valence-corrected chi connectivity index (χ4v) is 5.21. The van der Waals surface area contributed by atoms with Crippen LogP contribution in [-0.4, -0.2) is 29.2 Å². The average molecular weight is 578 g/mol. The van der Waals surface area contributed by atoms with E-state index in [-0.39, 0.29) is 24.5 Å². The third kappa shape index (κ3) is 10.6. The summed E-state index contributed by atoms with van der Waals surface area (Å²) in [5.74, 6) is -4.13. The number of rotatable bonds is 19. The van der Waals surface area contributed by atoms with E-state index in [0.717, 1.165) is 51.4 Å². The molecule has 0 heterocycles. The van der Waals surface area contributed by atoms with Gasteiger partial charge in [0.05, 0.1) is 17.5 Å². The predicted molar refractivity (Wildman–Crippen MR) is 158 cm³/mol. The topological polar surface area (TPSA) is 80.7 Å². The van der Waals surface area contributed by atoms with Gasteiger partial charge in [0.25, 0.3) is 0 Å². The monoisotopic (exact) mass is 576 g/mol. The van der Waals surface area contributed by atoms with Crippen molar-refractivity contribution < 1.29 is 24.2 Å². The smallest absolute Gasteiger partial charge is 0.315 e. The summed E-state index contributed by atoms with van der Waals surface area (Å²) in [4.78, 5) is 40.0. The lowest BCUT2D eigenvalue weighted by molar-refractivity contribution is -0.149. The Labute approximate surface area is 243 Å². The maximum Gasteiger partial charge on any atom is 0.315 e. The fourth-order valence-electron chi connectivity index (χ4n) is 4.84. The van der Waals surface area contributed by atoms with Gasteiger partial charge in [-0.1, -0.05) is 107 Å². The highest BCUT2D eigenvalue weighted by molar-refractivity contribution is 6.32. The molecule has 2 aromatic carbocycles. The molecule has 0 aromatic heterocycles. The number of carbonyl (C=O) groups excluding carboxylic acids is 2. The van der Waals surface area contributed by atoms with E-state index in [1.54, 1.807) is 42.5 Å². The van der Waals surface area contributed by atoms with Gasteiger partial charge in [0.2, 0.25) is 0 Å². The predicted octanol–water partition coefficient (Wildman–Crippen LogP) is 8.72. The first-order chi connectivity index (χ1) is 18.7. The molecule has 5 nitrogen and oxygen atoms in total. The first-order valence-electron chi connectivity index (χ1n) is 14.2. The molecule has 2 aromatic rings. The summed E-state index contributed by atoms with van der Waals surface area (Å²) >= 11 is 12.5. The molecule has 0 saturated carbocycles. The molecule has 0 spiro atoms. The first kappa shape index (κ1) is 32.8. The van der Waals surface area contributed by atoms with Crippen LogP contribution >= 0.6 is 23.2 Å². The second kappa shape index (κ2) is 17.3. The number of unbranched alkanes of at least 4 members (excludes halogenated alkanes) is 3. The van der Waals surface area contributed by atoms with Crippen LogP contribution in [0.5, 0.6) is 5.75 Å². The number of ketones is 2. The van der Waals surface area contributed by atoms with Crippen molar-refractivity contribution in [1.82, 2.24) is 0 Å². The van der Waals surface area contributed by atoms with Crippen molar-refractivity contribution in [3.63, 3.8) is 0 Å². The van der Waals surface area contributed by atoms with Gasteiger partial charge in [0, 0.05) is 17.9 Å². The number of hydrogen-bond donors (Lipinski definition) is 1. The zero-order valence-electron chi connectivity index (χ0n) is 23.4. The number of aliphatic carboxylic acids is 1. The van der Waals surface area contributed by atoms with Crippen molar-refractivity contribution in [1.29, 1.82) is 0 Å². The molecular weight excluding hydrogens is 535 g/mol. The highest BCUT2D eigenvalue weighted by Gasteiger charge is 2.40. The molecule has 0 aliphatic rings. The first-order valence-corrected chi connectivity index (χ1v) is 14.9. The maximum absolute atomic E-state index is 13.9. The molecule has 2 rings (SSSR count). The second-order valence-corrected chi connectivity index (χ2v) is 11.1. The Morgan fingerprint density at radius 2 is 1.46 bits per heavy atom. The lowest BCUT2D eigenvalue weighted by Gasteiger charge is -2.26. The zero-order valence-corrected chi connectivity index (χ0v) is 24.9. The average Bonchev–Trinajstić information content (AvgIpc) is 2.90. The number of carboxylic acids is 1. The molecule has 0 amide bonds. The third-order valence-electron chi connectivity index (χ3n) is 7.08. The molecule has 214 valence electrons. The molecule has 0 radical (unpaired) electrons. The van der Waals surface area contributed by atoms with Crippen LogP contribution < -0.4 is 4.74 Å². The van der Waals surface area contributed by atoms with Gasteiger partial charge in [-0.25, -0.2) is 0 Å². The Morgan fingerprint density at radius 1 is 0.846 bits per heavy atom. The summed E-state index contributed by atoms with van der Waals surface area (Å²) in [6, 6.07) is 11.6.